The monoisotopic (exact) mass is 141 g/mol. The maximum absolute atomic E-state index is 3.19. The van der Waals surface area contributed by atoms with Crippen molar-refractivity contribution < 1.29 is 0 Å². The van der Waals surface area contributed by atoms with E-state index in [1.54, 1.807) is 11.8 Å². The Morgan fingerprint density at radius 2 is 2.44 bits per heavy atom. The summed E-state index contributed by atoms with van der Waals surface area (Å²) in [6.45, 7) is 2.16. The largest absolute Gasteiger partial charge is 0.364 e. The molecule has 0 aromatic carbocycles. The van der Waals surface area contributed by atoms with Gasteiger partial charge in [-0.2, -0.15) is 0 Å². The number of thioether (sulfide) groups is 1. The third-order valence-corrected chi connectivity index (χ3v) is 2.19. The molecule has 0 bridgehead atoms. The molecule has 1 N–H and O–H groups in total. The van der Waals surface area contributed by atoms with Crippen LogP contribution in [0, 0.1) is 0 Å². The van der Waals surface area contributed by atoms with E-state index in [9.17, 15) is 0 Å². The van der Waals surface area contributed by atoms with E-state index in [2.05, 4.69) is 24.2 Å². The van der Waals surface area contributed by atoms with Gasteiger partial charge in [0.2, 0.25) is 0 Å². The molecule has 0 atom stereocenters. The van der Waals surface area contributed by atoms with Gasteiger partial charge in [-0.25, -0.2) is 0 Å². The summed E-state index contributed by atoms with van der Waals surface area (Å²) in [5, 5.41) is 0. The Kier molecular flexibility index (Phi) is 2.22. The first-order chi connectivity index (χ1) is 4.38. The third kappa shape index (κ3) is 1.30. The number of nitrogens with one attached hydrogen (secondary N) is 1. The normalized spacial score (nSPS) is 10.0. The van der Waals surface area contributed by atoms with Gasteiger partial charge in [0.05, 0.1) is 0 Å². The molecular formula is C7H11NS. The summed E-state index contributed by atoms with van der Waals surface area (Å²) >= 11 is 1.80. The molecule has 9 heavy (non-hydrogen) atoms. The van der Waals surface area contributed by atoms with Gasteiger partial charge in [-0.05, 0) is 18.7 Å². The maximum Gasteiger partial charge on any atom is 0.0282 e. The van der Waals surface area contributed by atoms with Crippen LogP contribution in [-0.2, 0) is 6.42 Å². The number of hydrogen-bond donors (Lipinski definition) is 1. The van der Waals surface area contributed by atoms with Crippen molar-refractivity contribution >= 4 is 11.8 Å². The average Bonchev–Trinajstić information content (AvgIpc) is 2.33. The Balaban J connectivity index is 2.85. The molecule has 0 saturated carbocycles. The summed E-state index contributed by atoms with van der Waals surface area (Å²) in [4.78, 5) is 4.56. The Hall–Kier alpha value is -0.370. The molecule has 0 amide bonds. The van der Waals surface area contributed by atoms with Crippen molar-refractivity contribution in [2.45, 2.75) is 18.2 Å². The van der Waals surface area contributed by atoms with Crippen LogP contribution in [0.4, 0.5) is 0 Å². The molecular weight excluding hydrogens is 130 g/mol. The summed E-state index contributed by atoms with van der Waals surface area (Å²) in [6, 6.07) is 2.11. The van der Waals surface area contributed by atoms with Crippen molar-refractivity contribution in [3.63, 3.8) is 0 Å². The van der Waals surface area contributed by atoms with E-state index in [0.29, 0.717) is 0 Å². The minimum atomic E-state index is 1.10. The van der Waals surface area contributed by atoms with E-state index in [4.69, 9.17) is 0 Å². The second kappa shape index (κ2) is 2.97. The van der Waals surface area contributed by atoms with Crippen LogP contribution >= 0.6 is 11.8 Å². The molecule has 1 aromatic heterocycles. The molecule has 2 heteroatoms. The van der Waals surface area contributed by atoms with Crippen LogP contribution in [0.2, 0.25) is 0 Å². The van der Waals surface area contributed by atoms with Gasteiger partial charge in [0.15, 0.2) is 0 Å². The number of H-pyrrole nitrogens is 1. The lowest BCUT2D eigenvalue weighted by Crippen LogP contribution is -1.79. The van der Waals surface area contributed by atoms with Crippen molar-refractivity contribution in [3.05, 3.63) is 18.0 Å². The van der Waals surface area contributed by atoms with E-state index in [1.807, 2.05) is 6.20 Å². The van der Waals surface area contributed by atoms with Gasteiger partial charge in [0, 0.05) is 16.8 Å². The Labute approximate surface area is 59.9 Å². The van der Waals surface area contributed by atoms with E-state index in [1.165, 1.54) is 10.6 Å². The fourth-order valence-electron chi connectivity index (χ4n) is 0.857. The molecule has 0 aliphatic rings. The Morgan fingerprint density at radius 1 is 1.67 bits per heavy atom. The molecule has 0 saturated heterocycles. The van der Waals surface area contributed by atoms with Crippen LogP contribution in [-0.4, -0.2) is 11.2 Å². The Morgan fingerprint density at radius 3 is 2.89 bits per heavy atom. The highest BCUT2D eigenvalue weighted by molar-refractivity contribution is 7.98. The van der Waals surface area contributed by atoms with Crippen LogP contribution in [0.25, 0.3) is 0 Å². The average molecular weight is 141 g/mol. The smallest absolute Gasteiger partial charge is 0.0282 e. The summed E-state index contributed by atoms with van der Waals surface area (Å²) in [6.07, 6.45) is 5.19. The van der Waals surface area contributed by atoms with E-state index >= 15 is 0 Å². The number of rotatable bonds is 2. The van der Waals surface area contributed by atoms with Crippen LogP contribution in [0.1, 0.15) is 12.6 Å². The third-order valence-electron chi connectivity index (χ3n) is 1.36. The van der Waals surface area contributed by atoms with Gasteiger partial charge in [-0.3, -0.25) is 0 Å². The first kappa shape index (κ1) is 6.75. The highest BCUT2D eigenvalue weighted by atomic mass is 32.2. The van der Waals surface area contributed by atoms with Crippen LogP contribution in [0.5, 0.6) is 0 Å². The maximum atomic E-state index is 3.19. The van der Waals surface area contributed by atoms with E-state index in [0.717, 1.165) is 6.42 Å². The van der Waals surface area contributed by atoms with Gasteiger partial charge in [0.25, 0.3) is 0 Å². The number of hydrogen-bond acceptors (Lipinski definition) is 1. The number of aromatic nitrogens is 1. The van der Waals surface area contributed by atoms with Gasteiger partial charge >= 0.3 is 0 Å². The van der Waals surface area contributed by atoms with Crippen molar-refractivity contribution in [2.24, 2.45) is 0 Å². The molecule has 0 aliphatic carbocycles. The van der Waals surface area contributed by atoms with Crippen LogP contribution in [0.3, 0.4) is 0 Å². The lowest BCUT2D eigenvalue weighted by atomic mass is 10.3. The van der Waals surface area contributed by atoms with E-state index < -0.39 is 0 Å². The van der Waals surface area contributed by atoms with Crippen molar-refractivity contribution in [2.75, 3.05) is 6.26 Å². The first-order valence-corrected chi connectivity index (χ1v) is 4.31. The lowest BCUT2D eigenvalue weighted by molar-refractivity contribution is 1.02. The standard InChI is InChI=1S/C7H11NS/c1-3-6-7(9-2)4-5-8-6/h4-5,8H,3H2,1-2H3. The van der Waals surface area contributed by atoms with Gasteiger partial charge in [0.1, 0.15) is 0 Å². The van der Waals surface area contributed by atoms with Gasteiger partial charge < -0.3 is 4.98 Å². The fraction of sp³-hybridized carbons (Fsp3) is 0.429. The van der Waals surface area contributed by atoms with Crippen molar-refractivity contribution in [1.29, 1.82) is 0 Å². The predicted octanol–water partition coefficient (Wildman–Crippen LogP) is 2.30. The zero-order chi connectivity index (χ0) is 6.69. The second-order valence-electron chi connectivity index (χ2n) is 1.88. The van der Waals surface area contributed by atoms with Crippen molar-refractivity contribution in [3.8, 4) is 0 Å². The van der Waals surface area contributed by atoms with Gasteiger partial charge in [-0.15, -0.1) is 11.8 Å². The first-order valence-electron chi connectivity index (χ1n) is 3.08. The summed E-state index contributed by atoms with van der Waals surface area (Å²) in [7, 11) is 0. The molecule has 1 nitrogen and oxygen atoms in total. The summed E-state index contributed by atoms with van der Waals surface area (Å²) < 4.78 is 0. The predicted molar refractivity (Wildman–Crippen MR) is 42.0 cm³/mol. The molecule has 50 valence electrons. The Bertz CT molecular complexity index is 162. The molecule has 0 radical (unpaired) electrons. The fourth-order valence-corrected chi connectivity index (χ4v) is 1.51. The van der Waals surface area contributed by atoms with E-state index in [-0.39, 0.29) is 0 Å². The van der Waals surface area contributed by atoms with Gasteiger partial charge in [-0.1, -0.05) is 6.92 Å². The lowest BCUT2D eigenvalue weighted by Gasteiger charge is -1.93. The minimum absolute atomic E-state index is 1.10. The SMILES string of the molecule is CCc1[nH]ccc1SC. The highest BCUT2D eigenvalue weighted by Gasteiger charge is 1.96. The van der Waals surface area contributed by atoms with Crippen LogP contribution < -0.4 is 0 Å². The molecule has 1 aromatic rings. The number of aryl methyl sites for hydroxylation is 1. The molecule has 0 aliphatic heterocycles. The number of aromatic amines is 1. The topological polar surface area (TPSA) is 15.8 Å². The summed E-state index contributed by atoms with van der Waals surface area (Å²) in [5.41, 5.74) is 1.35. The summed E-state index contributed by atoms with van der Waals surface area (Å²) in [5.74, 6) is 0. The zero-order valence-corrected chi connectivity index (χ0v) is 6.59. The molecule has 1 heterocycles. The molecule has 1 rings (SSSR count). The van der Waals surface area contributed by atoms with Crippen molar-refractivity contribution in [1.82, 2.24) is 4.98 Å². The molecule has 0 fully saturated rings. The molecule has 0 unspecified atom stereocenters. The second-order valence-corrected chi connectivity index (χ2v) is 2.73. The molecule has 0 spiro atoms. The minimum Gasteiger partial charge on any atom is -0.364 e. The quantitative estimate of drug-likeness (QED) is 0.625. The highest BCUT2D eigenvalue weighted by Crippen LogP contribution is 2.18. The zero-order valence-electron chi connectivity index (χ0n) is 5.77. The van der Waals surface area contributed by atoms with Crippen LogP contribution in [0.15, 0.2) is 17.2 Å².